The number of furan rings is 1. The Morgan fingerprint density at radius 3 is 2.48 bits per heavy atom. The average Bonchev–Trinajstić information content (AvgIpc) is 3.19. The molecule has 1 amide bonds. The van der Waals surface area contributed by atoms with E-state index in [1.54, 1.807) is 38.1 Å². The maximum absolute atomic E-state index is 12.8. The largest absolute Gasteiger partial charge is 0.527 e. The zero-order valence-corrected chi connectivity index (χ0v) is 18.9. The number of nitrogens with one attached hydrogen (secondary N) is 1. The molecule has 0 spiro atoms. The van der Waals surface area contributed by atoms with E-state index in [2.05, 4.69) is 19.8 Å². The third kappa shape index (κ3) is 7.11. The molecule has 1 aromatic carbocycles. The Morgan fingerprint density at radius 2 is 1.82 bits per heavy atom. The molecule has 0 unspecified atom stereocenters. The number of hydrogen-bond donors (Lipinski definition) is 3. The van der Waals surface area contributed by atoms with Gasteiger partial charge in [-0.3, -0.25) is 19.4 Å². The molecule has 12 heteroatoms. The Kier molecular flexibility index (Phi) is 7.80. The lowest BCUT2D eigenvalue weighted by Gasteiger charge is -2.10. The van der Waals surface area contributed by atoms with Crippen molar-refractivity contribution < 1.29 is 37.6 Å². The van der Waals surface area contributed by atoms with Crippen LogP contribution >= 0.6 is 7.82 Å². The Labute approximate surface area is 189 Å². The van der Waals surface area contributed by atoms with E-state index in [1.807, 2.05) is 0 Å². The molecule has 0 fully saturated rings. The Morgan fingerprint density at radius 1 is 1.12 bits per heavy atom. The van der Waals surface area contributed by atoms with Crippen LogP contribution in [0.1, 0.15) is 42.9 Å². The van der Waals surface area contributed by atoms with Crippen LogP contribution in [0.5, 0.6) is 11.8 Å². The van der Waals surface area contributed by atoms with Gasteiger partial charge in [0.15, 0.2) is 11.5 Å². The minimum Gasteiger partial charge on any atom is -0.468 e. The zero-order chi connectivity index (χ0) is 24.0. The summed E-state index contributed by atoms with van der Waals surface area (Å²) in [6.07, 6.45) is 0.551. The number of para-hydroxylation sites is 2. The minimum atomic E-state index is -4.75. The van der Waals surface area contributed by atoms with Crippen LogP contribution in [0.2, 0.25) is 0 Å². The monoisotopic (exact) mass is 477 g/mol. The lowest BCUT2D eigenvalue weighted by molar-refractivity contribution is -0.123. The first-order valence-corrected chi connectivity index (χ1v) is 11.7. The standard InChI is InChI=1S/C21H24N3O8P/c1-13(2)20(26)22-11-5-8-17(25)19-21(24-16-7-4-3-6-15(16)23-19)30-12-14-9-10-18(31-14)32-33(27,28)29/h3-4,6-7,9-10,13H,5,8,11-12H2,1-2H3,(H,22,26)(H2,27,28,29). The number of ether oxygens (including phenoxy) is 1. The Balaban J connectivity index is 1.72. The molecule has 0 bridgehead atoms. The molecule has 3 aromatic rings. The van der Waals surface area contributed by atoms with Gasteiger partial charge in [0, 0.05) is 24.9 Å². The van der Waals surface area contributed by atoms with E-state index in [-0.39, 0.29) is 53.9 Å². The number of aromatic nitrogens is 2. The van der Waals surface area contributed by atoms with E-state index >= 15 is 0 Å². The highest BCUT2D eigenvalue weighted by Gasteiger charge is 2.21. The predicted octanol–water partition coefficient (Wildman–Crippen LogP) is 3.01. The molecule has 0 saturated carbocycles. The molecule has 3 N–H and O–H groups in total. The number of Topliss-reactive ketones (excluding diaryl/α,β-unsaturated/α-hetero) is 1. The first-order valence-electron chi connectivity index (χ1n) is 10.2. The Hall–Kier alpha value is -3.27. The molecule has 3 rings (SSSR count). The number of carbonyl (C=O) groups is 2. The van der Waals surface area contributed by atoms with Crippen molar-refractivity contribution in [2.75, 3.05) is 6.54 Å². The van der Waals surface area contributed by atoms with Gasteiger partial charge in [-0.25, -0.2) is 14.5 Å². The molecular weight excluding hydrogens is 453 g/mol. The lowest BCUT2D eigenvalue weighted by Crippen LogP contribution is -2.28. The summed E-state index contributed by atoms with van der Waals surface area (Å²) in [5.41, 5.74) is 1.09. The first-order chi connectivity index (χ1) is 15.6. The number of benzene rings is 1. The third-order valence-corrected chi connectivity index (χ3v) is 4.82. The smallest absolute Gasteiger partial charge is 0.468 e. The van der Waals surface area contributed by atoms with Crippen molar-refractivity contribution in [3.63, 3.8) is 0 Å². The fraction of sp³-hybridized carbons (Fsp3) is 0.333. The summed E-state index contributed by atoms with van der Waals surface area (Å²) in [4.78, 5) is 51.0. The van der Waals surface area contributed by atoms with Crippen LogP contribution in [-0.2, 0) is 16.0 Å². The van der Waals surface area contributed by atoms with Crippen LogP contribution in [0.3, 0.4) is 0 Å². The van der Waals surface area contributed by atoms with Crippen molar-refractivity contribution in [3.8, 4) is 11.8 Å². The average molecular weight is 477 g/mol. The summed E-state index contributed by atoms with van der Waals surface area (Å²) < 4.78 is 26.1. The van der Waals surface area contributed by atoms with Gasteiger partial charge in [0.25, 0.3) is 5.95 Å². The second-order valence-corrected chi connectivity index (χ2v) is 8.59. The summed E-state index contributed by atoms with van der Waals surface area (Å²) in [5.74, 6) is -0.695. The van der Waals surface area contributed by atoms with Gasteiger partial charge < -0.3 is 19.0 Å². The van der Waals surface area contributed by atoms with Crippen molar-refractivity contribution in [1.29, 1.82) is 0 Å². The second-order valence-electron chi connectivity index (χ2n) is 7.43. The molecule has 0 saturated heterocycles. The number of fused-ring (bicyclic) bond motifs is 1. The highest BCUT2D eigenvalue weighted by Crippen LogP contribution is 2.38. The highest BCUT2D eigenvalue weighted by atomic mass is 31.2. The van der Waals surface area contributed by atoms with E-state index in [0.717, 1.165) is 0 Å². The molecule has 0 aliphatic heterocycles. The lowest BCUT2D eigenvalue weighted by atomic mass is 10.1. The predicted molar refractivity (Wildman–Crippen MR) is 117 cm³/mol. The highest BCUT2D eigenvalue weighted by molar-refractivity contribution is 7.46. The summed E-state index contributed by atoms with van der Waals surface area (Å²) >= 11 is 0. The molecule has 2 aromatic heterocycles. The number of nitrogens with zero attached hydrogens (tertiary/aromatic N) is 2. The molecule has 0 aliphatic carbocycles. The second kappa shape index (κ2) is 10.6. The summed E-state index contributed by atoms with van der Waals surface area (Å²) in [5, 5.41) is 2.76. The minimum absolute atomic E-state index is 0.00114. The van der Waals surface area contributed by atoms with Gasteiger partial charge in [-0.15, -0.1) is 0 Å². The first kappa shape index (κ1) is 24.4. The summed E-state index contributed by atoms with van der Waals surface area (Å²) in [6, 6.07) is 9.66. The number of amides is 1. The number of carbonyl (C=O) groups excluding carboxylic acids is 2. The van der Waals surface area contributed by atoms with Crippen molar-refractivity contribution in [2.24, 2.45) is 5.92 Å². The van der Waals surface area contributed by atoms with Gasteiger partial charge >= 0.3 is 7.82 Å². The van der Waals surface area contributed by atoms with E-state index in [9.17, 15) is 14.2 Å². The fourth-order valence-electron chi connectivity index (χ4n) is 2.79. The number of phosphoric acid groups is 1. The van der Waals surface area contributed by atoms with Gasteiger partial charge in [-0.05, 0) is 24.6 Å². The van der Waals surface area contributed by atoms with E-state index < -0.39 is 7.82 Å². The van der Waals surface area contributed by atoms with Crippen LogP contribution in [0.25, 0.3) is 11.0 Å². The SMILES string of the molecule is CC(C)C(=O)NCCCC(=O)c1nc2ccccc2nc1OCc1ccc(OP(=O)(O)O)o1. The summed E-state index contributed by atoms with van der Waals surface area (Å²) in [6.45, 7) is 3.75. The number of hydrogen-bond acceptors (Lipinski definition) is 8. The summed E-state index contributed by atoms with van der Waals surface area (Å²) in [7, 11) is -4.75. The molecule has 33 heavy (non-hydrogen) atoms. The Bertz CT molecular complexity index is 1190. The van der Waals surface area contributed by atoms with Gasteiger partial charge in [-0.1, -0.05) is 26.0 Å². The van der Waals surface area contributed by atoms with Crippen LogP contribution < -0.4 is 14.6 Å². The molecule has 0 aliphatic rings. The quantitative estimate of drug-likeness (QED) is 0.213. The van der Waals surface area contributed by atoms with Crippen molar-refractivity contribution >= 4 is 30.5 Å². The maximum atomic E-state index is 12.8. The van der Waals surface area contributed by atoms with Crippen LogP contribution in [0.15, 0.2) is 40.8 Å². The van der Waals surface area contributed by atoms with Crippen LogP contribution in [0.4, 0.5) is 0 Å². The van der Waals surface area contributed by atoms with Gasteiger partial charge in [0.2, 0.25) is 11.8 Å². The van der Waals surface area contributed by atoms with Crippen LogP contribution in [0, 0.1) is 5.92 Å². The zero-order valence-electron chi connectivity index (χ0n) is 18.1. The topological polar surface area (TPSA) is 161 Å². The van der Waals surface area contributed by atoms with Gasteiger partial charge in [0.1, 0.15) is 12.4 Å². The van der Waals surface area contributed by atoms with E-state index in [1.165, 1.54) is 12.1 Å². The third-order valence-electron chi connectivity index (χ3n) is 4.40. The number of rotatable bonds is 11. The van der Waals surface area contributed by atoms with Crippen molar-refractivity contribution in [3.05, 3.63) is 47.9 Å². The molecule has 176 valence electrons. The van der Waals surface area contributed by atoms with Gasteiger partial charge in [0.05, 0.1) is 11.0 Å². The normalized spacial score (nSPS) is 11.5. The van der Waals surface area contributed by atoms with E-state index in [0.29, 0.717) is 24.0 Å². The van der Waals surface area contributed by atoms with E-state index in [4.69, 9.17) is 18.9 Å². The molecule has 0 atom stereocenters. The van der Waals surface area contributed by atoms with Crippen molar-refractivity contribution in [1.82, 2.24) is 15.3 Å². The molecule has 2 heterocycles. The van der Waals surface area contributed by atoms with Gasteiger partial charge in [-0.2, -0.15) is 0 Å². The number of ketones is 1. The van der Waals surface area contributed by atoms with Crippen LogP contribution in [-0.4, -0.2) is 38.0 Å². The molecule has 0 radical (unpaired) electrons. The molecule has 11 nitrogen and oxygen atoms in total. The number of phosphoric ester groups is 1. The maximum Gasteiger partial charge on any atom is 0.527 e. The van der Waals surface area contributed by atoms with Crippen molar-refractivity contribution in [2.45, 2.75) is 33.3 Å². The fourth-order valence-corrected chi connectivity index (χ4v) is 3.12. The molecular formula is C21H24N3O8P.